The van der Waals surface area contributed by atoms with Gasteiger partial charge in [-0.3, -0.25) is 28.9 Å². The number of thioether (sulfide) groups is 1. The fourth-order valence-electron chi connectivity index (χ4n) is 8.85. The average Bonchev–Trinajstić information content (AvgIpc) is 4.40. The van der Waals surface area contributed by atoms with Gasteiger partial charge in [0.05, 0.1) is 91.0 Å². The van der Waals surface area contributed by atoms with Crippen molar-refractivity contribution in [1.29, 1.82) is 5.26 Å². The van der Waals surface area contributed by atoms with Gasteiger partial charge in [-0.2, -0.15) is 18.4 Å². The number of nitrogens with one attached hydrogen (secondary N) is 2. The lowest BCUT2D eigenvalue weighted by atomic mass is 9.85. The quantitative estimate of drug-likeness (QED) is 0.0298. The lowest BCUT2D eigenvalue weighted by Crippen LogP contribution is -2.58. The Morgan fingerprint density at radius 2 is 1.46 bits per heavy atom. The molecule has 0 aliphatic carbocycles. The molecule has 0 spiro atoms. The van der Waals surface area contributed by atoms with Crippen molar-refractivity contribution in [2.24, 2.45) is 5.41 Å². The Bertz CT molecular complexity index is 2880. The van der Waals surface area contributed by atoms with E-state index in [-0.39, 0.29) is 80.4 Å². The standard InChI is InChI=1S/C59H73F3N6O13S2/c1-39-52(82-38-65-39)43-16-12-40(13-17-43)35-64-54(71)46-33-44(69)36-68(46)56(73)53(58(2,3)4)66-51(70)37-80-29-28-78-24-11-7-9-22-76-21-8-6-10-23-77-26-27-79-25-20-67-55(72)50(83-57(67)74)32-41-14-19-48(49(31-41)75-5)81-47-18-15-42(34-63)30-45(47)59(60,61)62/h12-19,30-32,38,44,46,53,69H,6-11,20-29,33,35-37H2,1-5H3,(H,64,71)(H,66,70)/b50-32-/t44-,46+,53-/m1/s1. The number of unbranched alkanes of at least 4 members (excludes halogenated alkanes) is 4. The molecule has 19 nitrogen and oxygen atoms in total. The van der Waals surface area contributed by atoms with Crippen molar-refractivity contribution < 1.29 is 75.4 Å². The molecule has 24 heteroatoms. The van der Waals surface area contributed by atoms with Crippen LogP contribution in [0.4, 0.5) is 18.0 Å². The van der Waals surface area contributed by atoms with Gasteiger partial charge in [-0.05, 0) is 116 Å². The summed E-state index contributed by atoms with van der Waals surface area (Å²) in [6.07, 6.45) is 1.26. The number of carbonyl (C=O) groups is 5. The number of methoxy groups -OCH3 is 1. The zero-order valence-corrected chi connectivity index (χ0v) is 49.0. The number of benzene rings is 3. The molecule has 0 saturated carbocycles. The van der Waals surface area contributed by atoms with E-state index in [9.17, 15) is 42.3 Å². The predicted molar refractivity (Wildman–Crippen MR) is 305 cm³/mol. The molecule has 1 aromatic heterocycles. The normalized spacial score (nSPS) is 16.4. The number of aliphatic hydroxyl groups is 1. The summed E-state index contributed by atoms with van der Waals surface area (Å²) in [6.45, 7) is 11.0. The summed E-state index contributed by atoms with van der Waals surface area (Å²) in [4.78, 5) is 74.1. The van der Waals surface area contributed by atoms with Crippen LogP contribution in [-0.2, 0) is 55.6 Å². The number of aromatic nitrogens is 1. The summed E-state index contributed by atoms with van der Waals surface area (Å²) < 4.78 is 80.2. The summed E-state index contributed by atoms with van der Waals surface area (Å²) in [5, 5.41) is 24.8. The first-order valence-corrected chi connectivity index (χ1v) is 29.1. The van der Waals surface area contributed by atoms with Crippen LogP contribution in [-0.4, -0.2) is 153 Å². The van der Waals surface area contributed by atoms with Crippen LogP contribution in [0.15, 0.2) is 71.1 Å². The lowest BCUT2D eigenvalue weighted by molar-refractivity contribution is -0.144. The van der Waals surface area contributed by atoms with E-state index in [1.54, 1.807) is 22.9 Å². The number of thiazole rings is 1. The van der Waals surface area contributed by atoms with Gasteiger partial charge in [-0.1, -0.05) is 51.1 Å². The van der Waals surface area contributed by atoms with Gasteiger partial charge in [0, 0.05) is 45.9 Å². The number of carbonyl (C=O) groups excluding carboxylic acids is 5. The highest BCUT2D eigenvalue weighted by molar-refractivity contribution is 8.18. The van der Waals surface area contributed by atoms with E-state index in [1.165, 1.54) is 42.4 Å². The molecule has 2 aliphatic rings. The minimum atomic E-state index is -4.78. The third kappa shape index (κ3) is 20.4. The molecular formula is C59H73F3N6O13S2. The Morgan fingerprint density at radius 1 is 0.831 bits per heavy atom. The maximum absolute atomic E-state index is 13.9. The number of nitriles is 1. The second-order valence-corrected chi connectivity index (χ2v) is 22.6. The number of rotatable bonds is 33. The number of imide groups is 1. The maximum Gasteiger partial charge on any atom is 0.420 e. The molecule has 2 fully saturated rings. The fourth-order valence-corrected chi connectivity index (χ4v) is 10.5. The number of ether oxygens (including phenoxy) is 7. The van der Waals surface area contributed by atoms with Crippen molar-refractivity contribution >= 4 is 58.0 Å². The van der Waals surface area contributed by atoms with Gasteiger partial charge >= 0.3 is 6.18 Å². The van der Waals surface area contributed by atoms with Crippen molar-refractivity contribution in [3.05, 3.63) is 99.0 Å². The highest BCUT2D eigenvalue weighted by Crippen LogP contribution is 2.42. The predicted octanol–water partition coefficient (Wildman–Crippen LogP) is 9.08. The Labute approximate surface area is 490 Å². The number of alkyl halides is 3. The van der Waals surface area contributed by atoms with Gasteiger partial charge in [0.15, 0.2) is 11.5 Å². The molecule has 0 unspecified atom stereocenters. The highest BCUT2D eigenvalue weighted by Gasteiger charge is 2.45. The van der Waals surface area contributed by atoms with Crippen molar-refractivity contribution in [2.45, 2.75) is 104 Å². The van der Waals surface area contributed by atoms with Crippen LogP contribution in [0.25, 0.3) is 16.5 Å². The minimum Gasteiger partial charge on any atom is -0.493 e. The molecule has 5 amide bonds. The average molecular weight is 1200 g/mol. The summed E-state index contributed by atoms with van der Waals surface area (Å²) in [5.74, 6) is -2.28. The van der Waals surface area contributed by atoms with E-state index >= 15 is 0 Å². The third-order valence-corrected chi connectivity index (χ3v) is 15.2. The van der Waals surface area contributed by atoms with Crippen molar-refractivity contribution in [3.8, 4) is 33.8 Å². The van der Waals surface area contributed by atoms with Crippen LogP contribution in [0.5, 0.6) is 17.2 Å². The number of amides is 5. The van der Waals surface area contributed by atoms with E-state index in [2.05, 4.69) is 15.6 Å². The van der Waals surface area contributed by atoms with Gasteiger partial charge in [-0.25, -0.2) is 4.98 Å². The minimum absolute atomic E-state index is 0.0239. The number of β-amino-alcohol motifs (C(OH)–C–C–N with tert-alkyl or cyclic N) is 1. The largest absolute Gasteiger partial charge is 0.493 e. The number of aliphatic hydroxyl groups excluding tert-OH is 1. The molecule has 3 heterocycles. The van der Waals surface area contributed by atoms with Gasteiger partial charge in [0.1, 0.15) is 24.4 Å². The maximum atomic E-state index is 13.9. The summed E-state index contributed by atoms with van der Waals surface area (Å²) in [6, 6.07) is 15.0. The zero-order valence-electron chi connectivity index (χ0n) is 47.4. The fraction of sp³-hybridized carbons (Fsp3) is 0.508. The number of likely N-dealkylation sites (tertiary alicyclic amines) is 1. The molecule has 3 atom stereocenters. The van der Waals surface area contributed by atoms with E-state index < -0.39 is 64.1 Å². The molecule has 0 radical (unpaired) electrons. The van der Waals surface area contributed by atoms with Gasteiger partial charge in [-0.15, -0.1) is 11.3 Å². The first kappa shape index (κ1) is 65.7. The number of halogens is 3. The summed E-state index contributed by atoms with van der Waals surface area (Å²) in [5.41, 5.74) is 3.12. The Kier molecular flexibility index (Phi) is 25.8. The van der Waals surface area contributed by atoms with Crippen LogP contribution < -0.4 is 20.1 Å². The molecule has 3 aromatic carbocycles. The van der Waals surface area contributed by atoms with E-state index in [1.807, 2.05) is 52.0 Å². The van der Waals surface area contributed by atoms with E-state index in [4.69, 9.17) is 38.4 Å². The molecule has 4 aromatic rings. The summed E-state index contributed by atoms with van der Waals surface area (Å²) in [7, 11) is 1.31. The van der Waals surface area contributed by atoms with Gasteiger partial charge in [0.2, 0.25) is 17.7 Å². The Morgan fingerprint density at radius 3 is 2.06 bits per heavy atom. The molecule has 83 heavy (non-hydrogen) atoms. The van der Waals surface area contributed by atoms with Crippen molar-refractivity contribution in [2.75, 3.05) is 86.3 Å². The monoisotopic (exact) mass is 1190 g/mol. The van der Waals surface area contributed by atoms with Crippen LogP contribution >= 0.6 is 23.1 Å². The molecule has 6 rings (SSSR count). The first-order chi connectivity index (χ1) is 39.8. The second kappa shape index (κ2) is 32.6. The summed E-state index contributed by atoms with van der Waals surface area (Å²) >= 11 is 2.32. The van der Waals surface area contributed by atoms with Crippen LogP contribution in [0, 0.1) is 23.7 Å². The molecule has 2 aliphatic heterocycles. The van der Waals surface area contributed by atoms with Crippen LogP contribution in [0.2, 0.25) is 0 Å². The molecular weight excluding hydrogens is 1120 g/mol. The number of hydrogen-bond acceptors (Lipinski definition) is 17. The van der Waals surface area contributed by atoms with Crippen molar-refractivity contribution in [1.82, 2.24) is 25.4 Å². The van der Waals surface area contributed by atoms with Crippen LogP contribution in [0.3, 0.4) is 0 Å². The van der Waals surface area contributed by atoms with E-state index in [0.717, 1.165) is 83.0 Å². The molecule has 3 N–H and O–H groups in total. The van der Waals surface area contributed by atoms with Gasteiger partial charge < -0.3 is 53.8 Å². The van der Waals surface area contributed by atoms with Gasteiger partial charge in [0.25, 0.3) is 11.1 Å². The van der Waals surface area contributed by atoms with Crippen LogP contribution in [0.1, 0.15) is 93.7 Å². The first-order valence-electron chi connectivity index (χ1n) is 27.4. The zero-order chi connectivity index (χ0) is 59.9. The van der Waals surface area contributed by atoms with Crippen molar-refractivity contribution in [3.63, 3.8) is 0 Å². The highest BCUT2D eigenvalue weighted by atomic mass is 32.2. The number of aryl methyl sites for hydroxylation is 1. The molecule has 2 saturated heterocycles. The Hall–Kier alpha value is -6.43. The molecule has 450 valence electrons. The SMILES string of the molecule is COc1cc(/C=C2\SC(=O)N(CCOCCOCCCCCOCCCCCOCCOCC(=O)N[C@H](C(=O)N3C[C@H](O)C[C@H]3C(=O)NCc3ccc(-c4scnc4C)cc3)C(C)(C)C)C2=O)ccc1Oc1ccc(C#N)cc1C(F)(F)F. The topological polar surface area (TPSA) is 237 Å². The Balaban J connectivity index is 0.736. The number of nitrogens with zero attached hydrogens (tertiary/aromatic N) is 4. The third-order valence-electron chi connectivity index (χ3n) is 13.3. The molecule has 0 bridgehead atoms. The second-order valence-electron chi connectivity index (χ2n) is 20.7. The lowest BCUT2D eigenvalue weighted by Gasteiger charge is -2.35. The smallest absolute Gasteiger partial charge is 0.420 e. The van der Waals surface area contributed by atoms with E-state index in [0.29, 0.717) is 51.3 Å². The number of hydrogen-bond donors (Lipinski definition) is 3.